The van der Waals surface area contributed by atoms with Crippen molar-refractivity contribution in [3.05, 3.63) is 0 Å². The van der Waals surface area contributed by atoms with Crippen molar-refractivity contribution in [2.45, 2.75) is 38.2 Å². The Hall–Kier alpha value is 0.790. The second kappa shape index (κ2) is 8.13. The first kappa shape index (κ1) is 11.9. The molecule has 0 amide bonds. The maximum atomic E-state index is 5.55. The van der Waals surface area contributed by atoms with Crippen LogP contribution in [-0.2, 0) is 4.74 Å². The van der Waals surface area contributed by atoms with Crippen LogP contribution in [0.3, 0.4) is 0 Å². The first-order valence-corrected chi connectivity index (χ1v) is 7.46. The van der Waals surface area contributed by atoms with Gasteiger partial charge in [-0.3, -0.25) is 0 Å². The molecule has 78 valence electrons. The highest BCUT2D eigenvalue weighted by Gasteiger charge is 2.14. The molecule has 13 heavy (non-hydrogen) atoms. The van der Waals surface area contributed by atoms with Crippen LogP contribution in [0.15, 0.2) is 0 Å². The number of halogens is 1. The summed E-state index contributed by atoms with van der Waals surface area (Å²) >= 11 is 5.51. The van der Waals surface area contributed by atoms with E-state index in [0.717, 1.165) is 11.9 Å². The molecule has 0 saturated carbocycles. The molecule has 1 aliphatic heterocycles. The standard InChI is InChI=1S/C10H19BrOS/c11-6-2-1-3-8-13-9-10-5-4-7-12-10/h10H,1-9H2. The van der Waals surface area contributed by atoms with Crippen LogP contribution in [0.5, 0.6) is 0 Å². The summed E-state index contributed by atoms with van der Waals surface area (Å²) in [4.78, 5) is 0. The van der Waals surface area contributed by atoms with Gasteiger partial charge in [-0.15, -0.1) is 0 Å². The smallest absolute Gasteiger partial charge is 0.0666 e. The zero-order chi connectivity index (χ0) is 9.36. The summed E-state index contributed by atoms with van der Waals surface area (Å²) in [6, 6.07) is 0. The Bertz CT molecular complexity index is 115. The summed E-state index contributed by atoms with van der Waals surface area (Å²) in [5.41, 5.74) is 0. The van der Waals surface area contributed by atoms with E-state index in [0.29, 0.717) is 6.10 Å². The largest absolute Gasteiger partial charge is 0.377 e. The van der Waals surface area contributed by atoms with E-state index < -0.39 is 0 Å². The quantitative estimate of drug-likeness (QED) is 0.516. The van der Waals surface area contributed by atoms with Gasteiger partial charge in [0.25, 0.3) is 0 Å². The zero-order valence-corrected chi connectivity index (χ0v) is 10.5. The highest BCUT2D eigenvalue weighted by molar-refractivity contribution is 9.09. The second-order valence-electron chi connectivity index (χ2n) is 3.46. The van der Waals surface area contributed by atoms with Gasteiger partial charge in [-0.1, -0.05) is 22.4 Å². The lowest BCUT2D eigenvalue weighted by Gasteiger charge is -2.07. The van der Waals surface area contributed by atoms with Crippen LogP contribution in [0.2, 0.25) is 0 Å². The molecule has 0 N–H and O–H groups in total. The fourth-order valence-electron chi connectivity index (χ4n) is 1.47. The predicted octanol–water partition coefficient (Wildman–Crippen LogP) is 3.46. The Balaban J connectivity index is 1.78. The molecule has 0 spiro atoms. The zero-order valence-electron chi connectivity index (χ0n) is 8.14. The fraction of sp³-hybridized carbons (Fsp3) is 1.00. The van der Waals surface area contributed by atoms with E-state index in [9.17, 15) is 0 Å². The third-order valence-electron chi connectivity index (χ3n) is 2.25. The van der Waals surface area contributed by atoms with Crippen molar-refractivity contribution in [3.8, 4) is 0 Å². The van der Waals surface area contributed by atoms with E-state index >= 15 is 0 Å². The van der Waals surface area contributed by atoms with Crippen molar-refractivity contribution in [1.82, 2.24) is 0 Å². The van der Waals surface area contributed by atoms with Gasteiger partial charge in [0.15, 0.2) is 0 Å². The number of unbranched alkanes of at least 4 members (excludes halogenated alkanes) is 2. The van der Waals surface area contributed by atoms with E-state index in [1.807, 2.05) is 0 Å². The van der Waals surface area contributed by atoms with Gasteiger partial charge in [-0.05, 0) is 31.4 Å². The average molecular weight is 267 g/mol. The lowest BCUT2D eigenvalue weighted by molar-refractivity contribution is 0.129. The predicted molar refractivity (Wildman–Crippen MR) is 63.9 cm³/mol. The van der Waals surface area contributed by atoms with E-state index in [4.69, 9.17) is 4.74 Å². The third-order valence-corrected chi connectivity index (χ3v) is 4.00. The first-order chi connectivity index (χ1) is 6.43. The van der Waals surface area contributed by atoms with Gasteiger partial charge in [-0.2, -0.15) is 11.8 Å². The highest BCUT2D eigenvalue weighted by atomic mass is 79.9. The molecule has 0 bridgehead atoms. The Labute approximate surface area is 94.1 Å². The minimum absolute atomic E-state index is 0.571. The SMILES string of the molecule is BrCCCCCSCC1CCCO1. The molecule has 1 atom stereocenters. The average Bonchev–Trinajstić information content (AvgIpc) is 2.63. The van der Waals surface area contributed by atoms with Crippen LogP contribution in [-0.4, -0.2) is 29.5 Å². The van der Waals surface area contributed by atoms with Gasteiger partial charge in [0.1, 0.15) is 0 Å². The molecule has 1 rings (SSSR count). The summed E-state index contributed by atoms with van der Waals surface area (Å²) in [5, 5.41) is 1.16. The highest BCUT2D eigenvalue weighted by Crippen LogP contribution is 2.18. The molecular formula is C10H19BrOS. The number of hydrogen-bond acceptors (Lipinski definition) is 2. The van der Waals surface area contributed by atoms with E-state index in [1.165, 1.54) is 43.6 Å². The van der Waals surface area contributed by atoms with E-state index in [1.54, 1.807) is 0 Å². The summed E-state index contributed by atoms with van der Waals surface area (Å²) in [6.07, 6.45) is 7.18. The second-order valence-corrected chi connectivity index (χ2v) is 5.40. The maximum absolute atomic E-state index is 5.55. The Kier molecular flexibility index (Phi) is 7.42. The normalized spacial score (nSPS) is 22.4. The fourth-order valence-corrected chi connectivity index (χ4v) is 2.96. The minimum Gasteiger partial charge on any atom is -0.377 e. The van der Waals surface area contributed by atoms with Gasteiger partial charge >= 0.3 is 0 Å². The lowest BCUT2D eigenvalue weighted by atomic mass is 10.3. The Morgan fingerprint density at radius 3 is 2.92 bits per heavy atom. The molecule has 0 aliphatic carbocycles. The molecule has 1 unspecified atom stereocenters. The van der Waals surface area contributed by atoms with Gasteiger partial charge < -0.3 is 4.74 Å². The van der Waals surface area contributed by atoms with Gasteiger partial charge in [-0.25, -0.2) is 0 Å². The summed E-state index contributed by atoms with van der Waals surface area (Å²) in [5.74, 6) is 2.53. The molecule has 0 aromatic rings. The number of hydrogen-bond donors (Lipinski definition) is 0. The molecule has 1 aliphatic rings. The van der Waals surface area contributed by atoms with Crippen molar-refractivity contribution in [1.29, 1.82) is 0 Å². The van der Waals surface area contributed by atoms with Gasteiger partial charge in [0, 0.05) is 17.7 Å². The number of alkyl halides is 1. The monoisotopic (exact) mass is 266 g/mol. The van der Waals surface area contributed by atoms with Crippen LogP contribution in [0.25, 0.3) is 0 Å². The van der Waals surface area contributed by atoms with Crippen LogP contribution in [0.4, 0.5) is 0 Å². The van der Waals surface area contributed by atoms with Crippen molar-refractivity contribution in [2.24, 2.45) is 0 Å². The molecular weight excluding hydrogens is 248 g/mol. The van der Waals surface area contributed by atoms with Gasteiger partial charge in [0.2, 0.25) is 0 Å². The van der Waals surface area contributed by atoms with Crippen LogP contribution in [0.1, 0.15) is 32.1 Å². The third kappa shape index (κ3) is 5.97. The number of thioether (sulfide) groups is 1. The molecule has 0 radical (unpaired) electrons. The van der Waals surface area contributed by atoms with Gasteiger partial charge in [0.05, 0.1) is 6.10 Å². The van der Waals surface area contributed by atoms with Crippen LogP contribution < -0.4 is 0 Å². The van der Waals surface area contributed by atoms with Crippen molar-refractivity contribution in [3.63, 3.8) is 0 Å². The summed E-state index contributed by atoms with van der Waals surface area (Å²) < 4.78 is 5.55. The summed E-state index contributed by atoms with van der Waals surface area (Å²) in [6.45, 7) is 0.995. The van der Waals surface area contributed by atoms with Crippen molar-refractivity contribution in [2.75, 3.05) is 23.4 Å². The van der Waals surface area contributed by atoms with Crippen LogP contribution >= 0.6 is 27.7 Å². The van der Waals surface area contributed by atoms with E-state index in [2.05, 4.69) is 27.7 Å². The van der Waals surface area contributed by atoms with Crippen molar-refractivity contribution >= 4 is 27.7 Å². The maximum Gasteiger partial charge on any atom is 0.0666 e. The minimum atomic E-state index is 0.571. The molecule has 1 saturated heterocycles. The number of ether oxygens (including phenoxy) is 1. The Morgan fingerprint density at radius 2 is 2.23 bits per heavy atom. The van der Waals surface area contributed by atoms with E-state index in [-0.39, 0.29) is 0 Å². The lowest BCUT2D eigenvalue weighted by Crippen LogP contribution is -2.08. The molecule has 1 nitrogen and oxygen atoms in total. The van der Waals surface area contributed by atoms with Crippen LogP contribution in [0, 0.1) is 0 Å². The van der Waals surface area contributed by atoms with Crippen molar-refractivity contribution < 1.29 is 4.74 Å². The first-order valence-electron chi connectivity index (χ1n) is 5.19. The summed E-state index contributed by atoms with van der Waals surface area (Å²) in [7, 11) is 0. The number of rotatable bonds is 7. The topological polar surface area (TPSA) is 9.23 Å². The molecule has 1 heterocycles. The molecule has 3 heteroatoms. The molecule has 0 aromatic heterocycles. The Morgan fingerprint density at radius 1 is 1.31 bits per heavy atom. The molecule has 0 aromatic carbocycles. The molecule has 1 fully saturated rings.